The smallest absolute Gasteiger partial charge is 0.416 e. The molecule has 0 N–H and O–H groups in total. The van der Waals surface area contributed by atoms with Crippen LogP contribution in [0.1, 0.15) is 11.1 Å². The summed E-state index contributed by atoms with van der Waals surface area (Å²) >= 11 is 1.00. The summed E-state index contributed by atoms with van der Waals surface area (Å²) in [6, 6.07) is 11.3. The Morgan fingerprint density at radius 2 is 1.76 bits per heavy atom. The molecule has 1 aliphatic heterocycles. The van der Waals surface area contributed by atoms with Crippen molar-refractivity contribution in [2.75, 3.05) is 19.1 Å². The Labute approximate surface area is 197 Å². The molecule has 0 atom stereocenters. The van der Waals surface area contributed by atoms with Crippen LogP contribution >= 0.6 is 11.8 Å². The molecule has 0 saturated heterocycles. The van der Waals surface area contributed by atoms with Crippen molar-refractivity contribution < 1.29 is 32.2 Å². The van der Waals surface area contributed by atoms with Crippen LogP contribution in [0.15, 0.2) is 88.0 Å². The van der Waals surface area contributed by atoms with E-state index >= 15 is 0 Å². The van der Waals surface area contributed by atoms with Crippen molar-refractivity contribution in [1.29, 1.82) is 5.26 Å². The standard InChI is InChI=1S/C24H17F3N2O4S/c1-32-22(30)18-8-3-4-11-29(21(18)23(31)33-2)19-12-15(14-28)9-10-20(19)34-17-7-5-6-16(13-17)24(25,26)27/h3-13H,1-2H3. The molecule has 34 heavy (non-hydrogen) atoms. The maximum absolute atomic E-state index is 13.2. The number of ether oxygens (including phenoxy) is 2. The first kappa shape index (κ1) is 24.7. The molecule has 3 rings (SSSR count). The lowest BCUT2D eigenvalue weighted by Crippen LogP contribution is -2.27. The van der Waals surface area contributed by atoms with Crippen LogP contribution in [0.3, 0.4) is 0 Å². The molecule has 0 amide bonds. The summed E-state index contributed by atoms with van der Waals surface area (Å²) in [4.78, 5) is 27.2. The molecule has 0 bridgehead atoms. The number of carbonyl (C=O) groups excluding carboxylic acids is 2. The molecule has 174 valence electrons. The Balaban J connectivity index is 2.19. The highest BCUT2D eigenvalue weighted by Gasteiger charge is 2.31. The molecule has 1 aliphatic rings. The highest BCUT2D eigenvalue weighted by molar-refractivity contribution is 7.99. The molecular weight excluding hydrogens is 469 g/mol. The van der Waals surface area contributed by atoms with Crippen molar-refractivity contribution in [3.63, 3.8) is 0 Å². The number of anilines is 1. The lowest BCUT2D eigenvalue weighted by molar-refractivity contribution is -0.139. The highest BCUT2D eigenvalue weighted by atomic mass is 32.2. The first-order chi connectivity index (χ1) is 16.2. The van der Waals surface area contributed by atoms with Crippen molar-refractivity contribution in [2.45, 2.75) is 16.0 Å². The Morgan fingerprint density at radius 1 is 1.03 bits per heavy atom. The molecular formula is C24H17F3N2O4S. The summed E-state index contributed by atoms with van der Waals surface area (Å²) in [5.41, 5.74) is -0.576. The fraction of sp³-hybridized carbons (Fsp3) is 0.125. The van der Waals surface area contributed by atoms with Crippen molar-refractivity contribution in [3.8, 4) is 6.07 Å². The number of nitriles is 1. The van der Waals surface area contributed by atoms with Crippen molar-refractivity contribution in [2.24, 2.45) is 0 Å². The van der Waals surface area contributed by atoms with Gasteiger partial charge in [-0.15, -0.1) is 0 Å². The molecule has 1 heterocycles. The average Bonchev–Trinajstić information content (AvgIpc) is 3.06. The van der Waals surface area contributed by atoms with E-state index in [1.165, 1.54) is 47.5 Å². The van der Waals surface area contributed by atoms with E-state index in [0.717, 1.165) is 38.1 Å². The molecule has 0 aliphatic carbocycles. The van der Waals surface area contributed by atoms with Gasteiger partial charge in [0, 0.05) is 16.0 Å². The normalized spacial score (nSPS) is 13.4. The van der Waals surface area contributed by atoms with Crippen LogP contribution in [0.25, 0.3) is 0 Å². The number of methoxy groups -OCH3 is 2. The summed E-state index contributed by atoms with van der Waals surface area (Å²) in [6.07, 6.45) is 1.41. The lowest BCUT2D eigenvalue weighted by atomic mass is 10.1. The number of hydrogen-bond donors (Lipinski definition) is 0. The molecule has 0 aromatic heterocycles. The van der Waals surface area contributed by atoms with Crippen LogP contribution in [-0.4, -0.2) is 26.2 Å². The third-order valence-electron chi connectivity index (χ3n) is 4.63. The third kappa shape index (κ3) is 5.32. The van der Waals surface area contributed by atoms with Gasteiger partial charge in [-0.1, -0.05) is 23.9 Å². The van der Waals surface area contributed by atoms with Crippen LogP contribution in [0.2, 0.25) is 0 Å². The second kappa shape index (κ2) is 10.3. The van der Waals surface area contributed by atoms with Crippen LogP contribution in [0.5, 0.6) is 0 Å². The number of nitrogens with zero attached hydrogens (tertiary/aromatic N) is 2. The zero-order chi connectivity index (χ0) is 24.9. The van der Waals surface area contributed by atoms with Gasteiger partial charge in [0.25, 0.3) is 0 Å². The van der Waals surface area contributed by atoms with Crippen LogP contribution in [-0.2, 0) is 25.2 Å². The number of alkyl halides is 3. The lowest BCUT2D eigenvalue weighted by Gasteiger charge is -2.25. The number of rotatable bonds is 5. The first-order valence-electron chi connectivity index (χ1n) is 9.64. The summed E-state index contributed by atoms with van der Waals surface area (Å²) in [5, 5.41) is 9.41. The fourth-order valence-corrected chi connectivity index (χ4v) is 4.06. The zero-order valence-corrected chi connectivity index (χ0v) is 18.7. The minimum absolute atomic E-state index is 0.100. The zero-order valence-electron chi connectivity index (χ0n) is 17.9. The van der Waals surface area contributed by atoms with Gasteiger partial charge in [0.2, 0.25) is 0 Å². The van der Waals surface area contributed by atoms with Gasteiger partial charge in [0.1, 0.15) is 5.70 Å². The molecule has 2 aromatic carbocycles. The molecule has 6 nitrogen and oxygen atoms in total. The maximum Gasteiger partial charge on any atom is 0.416 e. The summed E-state index contributed by atoms with van der Waals surface area (Å²) in [7, 11) is 2.30. The van der Waals surface area contributed by atoms with E-state index in [4.69, 9.17) is 9.47 Å². The largest absolute Gasteiger partial charge is 0.465 e. The number of halogens is 3. The monoisotopic (exact) mass is 486 g/mol. The van der Waals surface area contributed by atoms with Gasteiger partial charge in [0.05, 0.1) is 42.7 Å². The van der Waals surface area contributed by atoms with Gasteiger partial charge in [0.15, 0.2) is 0 Å². The quantitative estimate of drug-likeness (QED) is 0.536. The minimum atomic E-state index is -4.51. The summed E-state index contributed by atoms with van der Waals surface area (Å²) in [6.45, 7) is 0. The van der Waals surface area contributed by atoms with E-state index in [1.807, 2.05) is 6.07 Å². The number of benzene rings is 2. The SMILES string of the molecule is COC(=O)C1=C(C(=O)OC)N(c2cc(C#N)ccc2Sc2cccc(C(F)(F)F)c2)C=CC=C1. The predicted octanol–water partition coefficient (Wildman–Crippen LogP) is 5.22. The Bertz CT molecular complexity index is 1260. The maximum atomic E-state index is 13.2. The van der Waals surface area contributed by atoms with E-state index in [1.54, 1.807) is 12.1 Å². The molecule has 0 fully saturated rings. The Kier molecular flexibility index (Phi) is 7.48. The number of esters is 2. The topological polar surface area (TPSA) is 79.6 Å². The van der Waals surface area contributed by atoms with Gasteiger partial charge in [-0.25, -0.2) is 9.59 Å². The molecule has 10 heteroatoms. The Morgan fingerprint density at radius 3 is 2.41 bits per heavy atom. The van der Waals surface area contributed by atoms with Crippen molar-refractivity contribution in [1.82, 2.24) is 0 Å². The minimum Gasteiger partial charge on any atom is -0.465 e. The van der Waals surface area contributed by atoms with Gasteiger partial charge < -0.3 is 14.4 Å². The van der Waals surface area contributed by atoms with Crippen LogP contribution in [0.4, 0.5) is 18.9 Å². The molecule has 2 aromatic rings. The Hall–Kier alpha value is -3.97. The third-order valence-corrected chi connectivity index (χ3v) is 5.68. The molecule has 0 spiro atoms. The van der Waals surface area contributed by atoms with E-state index in [-0.39, 0.29) is 27.4 Å². The second-order valence-electron chi connectivity index (χ2n) is 6.74. The van der Waals surface area contributed by atoms with E-state index < -0.39 is 23.7 Å². The summed E-state index contributed by atoms with van der Waals surface area (Å²) in [5.74, 6) is -1.65. The predicted molar refractivity (Wildman–Crippen MR) is 119 cm³/mol. The highest BCUT2D eigenvalue weighted by Crippen LogP contribution is 2.40. The number of carbonyl (C=O) groups is 2. The number of allylic oxidation sites excluding steroid dienone is 2. The molecule has 0 radical (unpaired) electrons. The average molecular weight is 486 g/mol. The molecule has 0 saturated carbocycles. The fourth-order valence-electron chi connectivity index (χ4n) is 3.08. The van der Waals surface area contributed by atoms with E-state index in [2.05, 4.69) is 0 Å². The van der Waals surface area contributed by atoms with Crippen LogP contribution in [0, 0.1) is 11.3 Å². The second-order valence-corrected chi connectivity index (χ2v) is 7.85. The molecule has 0 unspecified atom stereocenters. The first-order valence-corrected chi connectivity index (χ1v) is 10.5. The van der Waals surface area contributed by atoms with Crippen molar-refractivity contribution in [3.05, 3.63) is 89.3 Å². The van der Waals surface area contributed by atoms with E-state index in [0.29, 0.717) is 4.90 Å². The van der Waals surface area contributed by atoms with Gasteiger partial charge >= 0.3 is 18.1 Å². The van der Waals surface area contributed by atoms with Crippen LogP contribution < -0.4 is 4.90 Å². The van der Waals surface area contributed by atoms with Gasteiger partial charge in [-0.2, -0.15) is 18.4 Å². The van der Waals surface area contributed by atoms with Gasteiger partial charge in [-0.3, -0.25) is 0 Å². The van der Waals surface area contributed by atoms with E-state index in [9.17, 15) is 28.0 Å². The number of hydrogen-bond acceptors (Lipinski definition) is 7. The van der Waals surface area contributed by atoms with Crippen molar-refractivity contribution >= 4 is 29.4 Å². The van der Waals surface area contributed by atoms with Gasteiger partial charge in [-0.05, 0) is 48.6 Å². The summed E-state index contributed by atoms with van der Waals surface area (Å²) < 4.78 is 49.2.